The Kier molecular flexibility index (Phi) is 3.55. The van der Waals surface area contributed by atoms with Crippen LogP contribution in [0.3, 0.4) is 0 Å². The van der Waals surface area contributed by atoms with E-state index in [2.05, 4.69) is 46.4 Å². The van der Waals surface area contributed by atoms with Gasteiger partial charge in [0, 0.05) is 12.6 Å². The molecule has 0 saturated carbocycles. The van der Waals surface area contributed by atoms with Crippen molar-refractivity contribution in [3.63, 3.8) is 0 Å². The fraction of sp³-hybridized carbons (Fsp3) is 0.308. The Bertz CT molecular complexity index is 363. The molecule has 2 nitrogen and oxygen atoms in total. The molecule has 1 aromatic rings. The molecule has 3 rings (SSSR count). The Labute approximate surface area is 90.3 Å². The number of rotatable bonds is 0. The maximum absolute atomic E-state index is 4.51. The van der Waals surface area contributed by atoms with Crippen molar-refractivity contribution < 1.29 is 4.84 Å². The van der Waals surface area contributed by atoms with Gasteiger partial charge in [-0.3, -0.25) is 0 Å². The van der Waals surface area contributed by atoms with E-state index in [1.807, 2.05) is 0 Å². The summed E-state index contributed by atoms with van der Waals surface area (Å²) in [5.41, 5.74) is 2.89. The molecule has 1 aliphatic heterocycles. The molecule has 2 heteroatoms. The predicted molar refractivity (Wildman–Crippen MR) is 62.9 cm³/mol. The zero-order chi connectivity index (χ0) is 10.3. The lowest BCUT2D eigenvalue weighted by Crippen LogP contribution is -1.91. The number of allylic oxidation sites excluding steroid dienone is 1. The SMILES string of the molecule is C1=Cc2ccccc2CC1.C1=NOCC1. The monoisotopic (exact) mass is 201 g/mol. The first-order valence-corrected chi connectivity index (χ1v) is 5.35. The summed E-state index contributed by atoms with van der Waals surface area (Å²) < 4.78 is 0. The third kappa shape index (κ3) is 2.94. The number of oxime groups is 1. The van der Waals surface area contributed by atoms with E-state index >= 15 is 0 Å². The topological polar surface area (TPSA) is 21.6 Å². The quantitative estimate of drug-likeness (QED) is 0.632. The van der Waals surface area contributed by atoms with Gasteiger partial charge in [0.25, 0.3) is 0 Å². The summed E-state index contributed by atoms with van der Waals surface area (Å²) in [5, 5.41) is 3.46. The van der Waals surface area contributed by atoms with Gasteiger partial charge in [-0.2, -0.15) is 0 Å². The van der Waals surface area contributed by atoms with E-state index in [0.717, 1.165) is 13.0 Å². The van der Waals surface area contributed by atoms with Gasteiger partial charge in [0.15, 0.2) is 0 Å². The molecule has 0 saturated heterocycles. The maximum Gasteiger partial charge on any atom is 0.122 e. The Hall–Kier alpha value is -1.57. The van der Waals surface area contributed by atoms with Crippen LogP contribution in [-0.4, -0.2) is 12.8 Å². The van der Waals surface area contributed by atoms with Crippen molar-refractivity contribution in [1.29, 1.82) is 0 Å². The van der Waals surface area contributed by atoms with Gasteiger partial charge in [0.1, 0.15) is 6.61 Å². The number of aryl methyl sites for hydroxylation is 1. The van der Waals surface area contributed by atoms with Crippen molar-refractivity contribution >= 4 is 12.3 Å². The van der Waals surface area contributed by atoms with Gasteiger partial charge in [-0.05, 0) is 24.0 Å². The van der Waals surface area contributed by atoms with Gasteiger partial charge in [0.2, 0.25) is 0 Å². The van der Waals surface area contributed by atoms with Crippen LogP contribution < -0.4 is 0 Å². The normalized spacial score (nSPS) is 16.3. The molecule has 1 heterocycles. The van der Waals surface area contributed by atoms with Crippen LogP contribution >= 0.6 is 0 Å². The van der Waals surface area contributed by atoms with Gasteiger partial charge >= 0.3 is 0 Å². The molecule has 0 aromatic heterocycles. The third-order valence-corrected chi connectivity index (χ3v) is 2.42. The van der Waals surface area contributed by atoms with E-state index in [9.17, 15) is 0 Å². The molecule has 0 bridgehead atoms. The van der Waals surface area contributed by atoms with Crippen LogP contribution in [0.25, 0.3) is 6.08 Å². The average molecular weight is 201 g/mol. The molecule has 2 aliphatic rings. The highest BCUT2D eigenvalue weighted by Crippen LogP contribution is 2.17. The molecule has 0 fully saturated rings. The van der Waals surface area contributed by atoms with Gasteiger partial charge in [-0.15, -0.1) is 0 Å². The van der Waals surface area contributed by atoms with E-state index in [-0.39, 0.29) is 0 Å². The average Bonchev–Trinajstić information content (AvgIpc) is 2.88. The highest BCUT2D eigenvalue weighted by atomic mass is 16.6. The molecule has 1 aliphatic carbocycles. The molecule has 0 atom stereocenters. The van der Waals surface area contributed by atoms with Gasteiger partial charge in [-0.25, -0.2) is 0 Å². The molecule has 0 amide bonds. The summed E-state index contributed by atoms with van der Waals surface area (Å²) in [6, 6.07) is 8.58. The van der Waals surface area contributed by atoms with Crippen molar-refractivity contribution in [2.24, 2.45) is 5.16 Å². The van der Waals surface area contributed by atoms with E-state index in [1.165, 1.54) is 24.0 Å². The van der Waals surface area contributed by atoms with Crippen LogP contribution in [0.4, 0.5) is 0 Å². The Morgan fingerprint density at radius 3 is 2.73 bits per heavy atom. The molecular formula is C13H15NO. The molecule has 0 radical (unpaired) electrons. The van der Waals surface area contributed by atoms with Crippen molar-refractivity contribution in [2.75, 3.05) is 6.61 Å². The molecular weight excluding hydrogens is 186 g/mol. The number of hydrogen-bond acceptors (Lipinski definition) is 2. The minimum Gasteiger partial charge on any atom is -0.396 e. The predicted octanol–water partition coefficient (Wildman–Crippen LogP) is 3.04. The van der Waals surface area contributed by atoms with Crippen LogP contribution in [-0.2, 0) is 11.3 Å². The van der Waals surface area contributed by atoms with E-state index in [0.29, 0.717) is 0 Å². The second-order valence-corrected chi connectivity index (χ2v) is 3.55. The number of nitrogens with zero attached hydrogens (tertiary/aromatic N) is 1. The third-order valence-electron chi connectivity index (χ3n) is 2.42. The van der Waals surface area contributed by atoms with E-state index in [4.69, 9.17) is 0 Å². The van der Waals surface area contributed by atoms with Crippen molar-refractivity contribution in [3.05, 3.63) is 41.5 Å². The van der Waals surface area contributed by atoms with Crippen LogP contribution in [0.2, 0.25) is 0 Å². The minimum absolute atomic E-state index is 0.778. The summed E-state index contributed by atoms with van der Waals surface area (Å²) in [5.74, 6) is 0. The van der Waals surface area contributed by atoms with Crippen molar-refractivity contribution in [3.8, 4) is 0 Å². The summed E-state index contributed by atoms with van der Waals surface area (Å²) in [6.07, 6.45) is 9.62. The fourth-order valence-corrected chi connectivity index (χ4v) is 1.64. The molecule has 0 N–H and O–H groups in total. The van der Waals surface area contributed by atoms with Gasteiger partial charge in [-0.1, -0.05) is 41.6 Å². The fourth-order valence-electron chi connectivity index (χ4n) is 1.64. The van der Waals surface area contributed by atoms with Crippen molar-refractivity contribution in [1.82, 2.24) is 0 Å². The highest BCUT2D eigenvalue weighted by molar-refractivity contribution is 5.57. The number of benzene rings is 1. The Balaban J connectivity index is 0.000000144. The van der Waals surface area contributed by atoms with Crippen LogP contribution in [0, 0.1) is 0 Å². The largest absolute Gasteiger partial charge is 0.396 e. The van der Waals surface area contributed by atoms with Crippen molar-refractivity contribution in [2.45, 2.75) is 19.3 Å². The summed E-state index contributed by atoms with van der Waals surface area (Å²) in [6.45, 7) is 0.778. The smallest absolute Gasteiger partial charge is 0.122 e. The van der Waals surface area contributed by atoms with Gasteiger partial charge in [0.05, 0.1) is 0 Å². The highest BCUT2D eigenvalue weighted by Gasteiger charge is 2.00. The Morgan fingerprint density at radius 1 is 1.13 bits per heavy atom. The number of hydrogen-bond donors (Lipinski definition) is 0. The van der Waals surface area contributed by atoms with Gasteiger partial charge < -0.3 is 4.84 Å². The second-order valence-electron chi connectivity index (χ2n) is 3.55. The summed E-state index contributed by atoms with van der Waals surface area (Å²) >= 11 is 0. The van der Waals surface area contributed by atoms with E-state index in [1.54, 1.807) is 6.21 Å². The maximum atomic E-state index is 4.51. The zero-order valence-corrected chi connectivity index (χ0v) is 8.73. The molecule has 1 aromatic carbocycles. The first-order valence-electron chi connectivity index (χ1n) is 5.35. The first kappa shape index (κ1) is 9.97. The Morgan fingerprint density at radius 2 is 2.07 bits per heavy atom. The lowest BCUT2D eigenvalue weighted by molar-refractivity contribution is 0.174. The second kappa shape index (κ2) is 5.35. The lowest BCUT2D eigenvalue weighted by Gasteiger charge is -2.07. The molecule has 78 valence electrons. The minimum atomic E-state index is 0.778. The lowest BCUT2D eigenvalue weighted by atomic mass is 9.98. The molecule has 0 unspecified atom stereocenters. The first-order chi connectivity index (χ1) is 7.47. The van der Waals surface area contributed by atoms with Crippen LogP contribution in [0.1, 0.15) is 24.0 Å². The standard InChI is InChI=1S/C10H10.C3H5NO/c1-2-6-10-8-4-3-7-9(10)5-1;1-2-4-5-3-1/h1-3,5-7H,4,8H2;2H,1,3H2. The molecule has 0 spiro atoms. The summed E-state index contributed by atoms with van der Waals surface area (Å²) in [7, 11) is 0. The number of fused-ring (bicyclic) bond motifs is 1. The zero-order valence-electron chi connectivity index (χ0n) is 8.73. The van der Waals surface area contributed by atoms with Crippen LogP contribution in [0.5, 0.6) is 0 Å². The summed E-state index contributed by atoms with van der Waals surface area (Å²) in [4.78, 5) is 4.51. The van der Waals surface area contributed by atoms with Crippen LogP contribution in [0.15, 0.2) is 35.5 Å². The molecule has 15 heavy (non-hydrogen) atoms. The van der Waals surface area contributed by atoms with E-state index < -0.39 is 0 Å².